The number of hydrogen-bond donors (Lipinski definition) is 2. The van der Waals surface area contributed by atoms with Crippen LogP contribution >= 0.6 is 0 Å². The Balaban J connectivity index is 1.54. The van der Waals surface area contributed by atoms with Crippen molar-refractivity contribution in [1.29, 1.82) is 0 Å². The molecule has 0 aliphatic rings. The van der Waals surface area contributed by atoms with Crippen LogP contribution in [0.3, 0.4) is 0 Å². The molecule has 2 N–H and O–H groups in total. The number of nitrogens with zero attached hydrogens (tertiary/aromatic N) is 2. The Morgan fingerprint density at radius 3 is 2.41 bits per heavy atom. The van der Waals surface area contributed by atoms with Crippen LogP contribution in [0.2, 0.25) is 0 Å². The number of anilines is 1. The third-order valence-electron chi connectivity index (χ3n) is 4.14. The molecule has 0 unspecified atom stereocenters. The molecule has 0 saturated heterocycles. The fourth-order valence-corrected chi connectivity index (χ4v) is 4.04. The first-order valence-corrected chi connectivity index (χ1v) is 10.8. The van der Waals surface area contributed by atoms with E-state index in [1.807, 2.05) is 36.5 Å². The van der Waals surface area contributed by atoms with Crippen molar-refractivity contribution in [3.8, 4) is 5.69 Å². The molecule has 0 aliphatic heterocycles. The van der Waals surface area contributed by atoms with E-state index in [9.17, 15) is 13.2 Å². The van der Waals surface area contributed by atoms with Gasteiger partial charge in [-0.15, -0.1) is 0 Å². The van der Waals surface area contributed by atoms with Crippen LogP contribution in [0.5, 0.6) is 0 Å². The topological polar surface area (TPSA) is 93.1 Å². The molecule has 0 fully saturated rings. The van der Waals surface area contributed by atoms with Crippen molar-refractivity contribution in [2.75, 3.05) is 5.32 Å². The first-order valence-electron chi connectivity index (χ1n) is 9.35. The normalized spacial score (nSPS) is 11.6. The van der Waals surface area contributed by atoms with E-state index in [0.29, 0.717) is 18.5 Å². The van der Waals surface area contributed by atoms with Crippen LogP contribution in [0, 0.1) is 0 Å². The number of carbonyl (C=O) groups is 1. The van der Waals surface area contributed by atoms with Gasteiger partial charge in [0, 0.05) is 24.3 Å². The van der Waals surface area contributed by atoms with Crippen molar-refractivity contribution in [2.45, 2.75) is 37.6 Å². The van der Waals surface area contributed by atoms with Gasteiger partial charge < -0.3 is 5.32 Å². The zero-order valence-electron chi connectivity index (χ0n) is 16.4. The maximum absolute atomic E-state index is 12.2. The fraction of sp³-hybridized carbons (Fsp3) is 0.238. The predicted molar refractivity (Wildman–Crippen MR) is 112 cm³/mol. The van der Waals surface area contributed by atoms with Crippen molar-refractivity contribution in [3.05, 3.63) is 72.6 Å². The largest absolute Gasteiger partial charge is 0.326 e. The number of carbonyl (C=O) groups excluding carboxylic acids is 1. The molecule has 2 aromatic carbocycles. The van der Waals surface area contributed by atoms with E-state index in [2.05, 4.69) is 15.1 Å². The summed E-state index contributed by atoms with van der Waals surface area (Å²) in [5.41, 5.74) is 2.48. The van der Waals surface area contributed by atoms with Gasteiger partial charge in [0.2, 0.25) is 15.9 Å². The van der Waals surface area contributed by atoms with Crippen LogP contribution in [-0.2, 0) is 21.2 Å². The van der Waals surface area contributed by atoms with Crippen molar-refractivity contribution >= 4 is 21.6 Å². The second kappa shape index (κ2) is 9.02. The molecule has 3 rings (SSSR count). The minimum atomic E-state index is -3.54. The number of aromatic nitrogens is 2. The van der Waals surface area contributed by atoms with Crippen LogP contribution < -0.4 is 10.0 Å². The van der Waals surface area contributed by atoms with Crippen LogP contribution in [0.4, 0.5) is 5.69 Å². The lowest BCUT2D eigenvalue weighted by Gasteiger charge is -2.10. The summed E-state index contributed by atoms with van der Waals surface area (Å²) in [5, 5.41) is 7.11. The predicted octanol–water partition coefficient (Wildman–Crippen LogP) is 3.13. The molecule has 29 heavy (non-hydrogen) atoms. The summed E-state index contributed by atoms with van der Waals surface area (Å²) in [5.74, 6) is -0.145. The van der Waals surface area contributed by atoms with Crippen LogP contribution in [0.15, 0.2) is 71.9 Å². The Bertz CT molecular complexity index is 1060. The van der Waals surface area contributed by atoms with E-state index in [0.717, 1.165) is 11.3 Å². The number of hydrogen-bond acceptors (Lipinski definition) is 4. The minimum absolute atomic E-state index is 0.145. The van der Waals surface area contributed by atoms with Gasteiger partial charge in [-0.1, -0.05) is 18.2 Å². The number of para-hydroxylation sites is 1. The summed E-state index contributed by atoms with van der Waals surface area (Å²) in [6.45, 7) is 3.52. The highest BCUT2D eigenvalue weighted by Gasteiger charge is 2.15. The lowest BCUT2D eigenvalue weighted by atomic mass is 10.2. The Kier molecular flexibility index (Phi) is 6.46. The molecule has 0 aliphatic carbocycles. The Hall–Kier alpha value is -2.97. The molecule has 0 atom stereocenters. The number of amides is 1. The molecular formula is C21H24N4O3S. The molecule has 0 saturated carbocycles. The lowest BCUT2D eigenvalue weighted by Crippen LogP contribution is -2.30. The second-order valence-electron chi connectivity index (χ2n) is 6.98. The first-order chi connectivity index (χ1) is 13.8. The molecule has 3 aromatic rings. The van der Waals surface area contributed by atoms with Crippen molar-refractivity contribution in [3.63, 3.8) is 0 Å². The molecule has 0 spiro atoms. The smallest absolute Gasteiger partial charge is 0.240 e. The molecule has 152 valence electrons. The standard InChI is InChI=1S/C21H24N4O3S/c1-16(2)24-29(27,28)20-11-9-18(10-12-20)23-21(26)13-8-17-14-22-25(15-17)19-6-4-3-5-7-19/h3-7,9-12,14-16,24H,8,13H2,1-2H3,(H,23,26). The summed E-state index contributed by atoms with van der Waals surface area (Å²) >= 11 is 0. The van der Waals surface area contributed by atoms with Gasteiger partial charge in [-0.05, 0) is 62.2 Å². The van der Waals surface area contributed by atoms with Crippen molar-refractivity contribution in [1.82, 2.24) is 14.5 Å². The lowest BCUT2D eigenvalue weighted by molar-refractivity contribution is -0.116. The SMILES string of the molecule is CC(C)NS(=O)(=O)c1ccc(NC(=O)CCc2cnn(-c3ccccc3)c2)cc1. The summed E-state index contributed by atoms with van der Waals surface area (Å²) in [6.07, 6.45) is 4.52. The number of benzene rings is 2. The van der Waals surface area contributed by atoms with E-state index in [1.165, 1.54) is 12.1 Å². The van der Waals surface area contributed by atoms with Crippen LogP contribution in [-0.4, -0.2) is 30.1 Å². The van der Waals surface area contributed by atoms with E-state index in [1.54, 1.807) is 36.9 Å². The molecule has 1 amide bonds. The Morgan fingerprint density at radius 1 is 1.07 bits per heavy atom. The third kappa shape index (κ3) is 5.75. The van der Waals surface area contributed by atoms with Gasteiger partial charge in [0.15, 0.2) is 0 Å². The average Bonchev–Trinajstić information content (AvgIpc) is 3.16. The average molecular weight is 413 g/mol. The summed E-state index contributed by atoms with van der Waals surface area (Å²) in [6, 6.07) is 15.7. The van der Waals surface area contributed by atoms with E-state index in [4.69, 9.17) is 0 Å². The summed E-state index contributed by atoms with van der Waals surface area (Å²) in [4.78, 5) is 12.4. The first kappa shape index (κ1) is 20.8. The van der Waals surface area contributed by atoms with Crippen LogP contribution in [0.25, 0.3) is 5.69 Å². The molecule has 0 radical (unpaired) electrons. The minimum Gasteiger partial charge on any atom is -0.326 e. The number of aryl methyl sites for hydroxylation is 1. The van der Waals surface area contributed by atoms with Gasteiger partial charge in [-0.25, -0.2) is 17.8 Å². The van der Waals surface area contributed by atoms with Gasteiger partial charge in [0.1, 0.15) is 0 Å². The molecule has 8 heteroatoms. The van der Waals surface area contributed by atoms with Gasteiger partial charge in [-0.3, -0.25) is 4.79 Å². The van der Waals surface area contributed by atoms with Gasteiger partial charge in [-0.2, -0.15) is 5.10 Å². The summed E-state index contributed by atoms with van der Waals surface area (Å²) in [7, 11) is -3.54. The maximum Gasteiger partial charge on any atom is 0.240 e. The molecule has 1 heterocycles. The third-order valence-corrected chi connectivity index (χ3v) is 5.81. The van der Waals surface area contributed by atoms with E-state index in [-0.39, 0.29) is 16.8 Å². The second-order valence-corrected chi connectivity index (χ2v) is 8.69. The Morgan fingerprint density at radius 2 is 1.76 bits per heavy atom. The number of sulfonamides is 1. The van der Waals surface area contributed by atoms with Crippen molar-refractivity contribution < 1.29 is 13.2 Å². The van der Waals surface area contributed by atoms with Crippen molar-refractivity contribution in [2.24, 2.45) is 0 Å². The summed E-state index contributed by atoms with van der Waals surface area (Å²) < 4.78 is 28.6. The molecule has 1 aromatic heterocycles. The number of rotatable bonds is 8. The zero-order chi connectivity index (χ0) is 20.9. The fourth-order valence-electron chi connectivity index (χ4n) is 2.79. The molecular weight excluding hydrogens is 388 g/mol. The van der Waals surface area contributed by atoms with Gasteiger partial charge >= 0.3 is 0 Å². The maximum atomic E-state index is 12.2. The van der Waals surface area contributed by atoms with Gasteiger partial charge in [0.25, 0.3) is 0 Å². The molecule has 0 bridgehead atoms. The van der Waals surface area contributed by atoms with E-state index < -0.39 is 10.0 Å². The monoisotopic (exact) mass is 412 g/mol. The quantitative estimate of drug-likeness (QED) is 0.594. The zero-order valence-corrected chi connectivity index (χ0v) is 17.2. The number of nitrogens with one attached hydrogen (secondary N) is 2. The Labute approximate surface area is 170 Å². The van der Waals surface area contributed by atoms with E-state index >= 15 is 0 Å². The van der Waals surface area contributed by atoms with Crippen LogP contribution in [0.1, 0.15) is 25.8 Å². The highest BCUT2D eigenvalue weighted by atomic mass is 32.2. The highest BCUT2D eigenvalue weighted by molar-refractivity contribution is 7.89. The van der Waals surface area contributed by atoms with Gasteiger partial charge in [0.05, 0.1) is 16.8 Å². The highest BCUT2D eigenvalue weighted by Crippen LogP contribution is 2.15. The molecule has 7 nitrogen and oxygen atoms in total.